The molecule has 2 N–H and O–H groups in total. The molecule has 1 saturated heterocycles. The fourth-order valence-corrected chi connectivity index (χ4v) is 5.21. The monoisotopic (exact) mass is 432 g/mol. The highest BCUT2D eigenvalue weighted by Crippen LogP contribution is 2.37. The zero-order valence-corrected chi connectivity index (χ0v) is 17.9. The quantitative estimate of drug-likeness (QED) is 0.742. The summed E-state index contributed by atoms with van der Waals surface area (Å²) in [4.78, 5) is 42.6. The summed E-state index contributed by atoms with van der Waals surface area (Å²) in [5.74, 6) is -0.304. The number of fused-ring (bicyclic) bond motifs is 3. The van der Waals surface area contributed by atoms with Crippen molar-refractivity contribution in [2.45, 2.75) is 51.7 Å². The molecule has 2 amide bonds. The highest BCUT2D eigenvalue weighted by molar-refractivity contribution is 7.15. The number of rotatable bonds is 6. The van der Waals surface area contributed by atoms with Crippen molar-refractivity contribution in [2.24, 2.45) is 5.73 Å². The zero-order chi connectivity index (χ0) is 21.4. The fourth-order valence-electron chi connectivity index (χ4n) is 4.08. The second kappa shape index (κ2) is 8.25. The molecule has 3 heterocycles. The molecular formula is C20H25FN6O2S. The third-order valence-corrected chi connectivity index (χ3v) is 6.79. The minimum atomic E-state index is -1.22. The first-order valence-corrected chi connectivity index (χ1v) is 11.1. The van der Waals surface area contributed by atoms with E-state index in [4.69, 9.17) is 10.7 Å². The van der Waals surface area contributed by atoms with Gasteiger partial charge < -0.3 is 15.5 Å². The van der Waals surface area contributed by atoms with E-state index in [0.29, 0.717) is 11.0 Å². The van der Waals surface area contributed by atoms with Gasteiger partial charge in [-0.15, -0.1) is 11.3 Å². The predicted octanol–water partition coefficient (Wildman–Crippen LogP) is 1.51. The Bertz CT molecular complexity index is 976. The first-order valence-electron chi connectivity index (χ1n) is 10.2. The Balaban J connectivity index is 1.58. The summed E-state index contributed by atoms with van der Waals surface area (Å²) >= 11 is 1.43. The van der Waals surface area contributed by atoms with E-state index in [9.17, 15) is 14.0 Å². The highest BCUT2D eigenvalue weighted by atomic mass is 32.1. The van der Waals surface area contributed by atoms with Gasteiger partial charge in [0.1, 0.15) is 17.2 Å². The Morgan fingerprint density at radius 1 is 1.30 bits per heavy atom. The Kier molecular flexibility index (Phi) is 5.68. The molecule has 1 fully saturated rings. The van der Waals surface area contributed by atoms with Crippen molar-refractivity contribution in [3.8, 4) is 10.6 Å². The molecule has 8 nitrogen and oxygen atoms in total. The molecule has 2 atom stereocenters. The molecule has 160 valence electrons. The summed E-state index contributed by atoms with van der Waals surface area (Å²) in [7, 11) is 0. The van der Waals surface area contributed by atoms with Gasteiger partial charge >= 0.3 is 0 Å². The molecule has 10 heteroatoms. The van der Waals surface area contributed by atoms with Crippen LogP contribution in [0.2, 0.25) is 0 Å². The topological polar surface area (TPSA) is 105 Å². The van der Waals surface area contributed by atoms with Crippen LogP contribution in [0.5, 0.6) is 0 Å². The molecule has 2 aromatic heterocycles. The lowest BCUT2D eigenvalue weighted by Crippen LogP contribution is -2.44. The van der Waals surface area contributed by atoms with Crippen LogP contribution in [0.4, 0.5) is 10.3 Å². The van der Waals surface area contributed by atoms with E-state index in [2.05, 4.69) is 28.7 Å². The molecule has 1 aliphatic heterocycles. The number of likely N-dealkylation sites (tertiary alicyclic amines) is 1. The van der Waals surface area contributed by atoms with E-state index in [1.165, 1.54) is 16.2 Å². The molecule has 0 saturated carbocycles. The molecule has 2 aliphatic rings. The van der Waals surface area contributed by atoms with Crippen LogP contribution < -0.4 is 10.6 Å². The van der Waals surface area contributed by atoms with Gasteiger partial charge in [-0.25, -0.2) is 19.3 Å². The van der Waals surface area contributed by atoms with E-state index in [0.717, 1.165) is 47.8 Å². The third kappa shape index (κ3) is 3.76. The highest BCUT2D eigenvalue weighted by Gasteiger charge is 2.39. The van der Waals surface area contributed by atoms with Gasteiger partial charge in [0.05, 0.1) is 29.2 Å². The number of carbonyl (C=O) groups is 2. The maximum atomic E-state index is 13.8. The van der Waals surface area contributed by atoms with Gasteiger partial charge in [0.2, 0.25) is 17.8 Å². The van der Waals surface area contributed by atoms with Crippen LogP contribution >= 0.6 is 11.3 Å². The first kappa shape index (κ1) is 20.6. The Labute approximate surface area is 178 Å². The van der Waals surface area contributed by atoms with Crippen molar-refractivity contribution < 1.29 is 14.0 Å². The van der Waals surface area contributed by atoms with Crippen LogP contribution in [-0.2, 0) is 28.9 Å². The van der Waals surface area contributed by atoms with Crippen LogP contribution in [0, 0.1) is 0 Å². The number of amides is 2. The SMILES string of the molecule is CCN(CC)c1ncc2c(n1)-c1sc(CC(=O)N3C[C@@H](F)C[C@H]3C(N)=O)nc1CC2. The number of nitrogens with zero attached hydrogens (tertiary/aromatic N) is 5. The summed E-state index contributed by atoms with van der Waals surface area (Å²) < 4.78 is 13.8. The number of hydrogen-bond acceptors (Lipinski definition) is 7. The first-order chi connectivity index (χ1) is 14.4. The molecular weight excluding hydrogens is 407 g/mol. The van der Waals surface area contributed by atoms with Crippen molar-refractivity contribution in [1.29, 1.82) is 0 Å². The number of anilines is 1. The average Bonchev–Trinajstić information content (AvgIpc) is 3.32. The molecule has 0 bridgehead atoms. The number of hydrogen-bond donors (Lipinski definition) is 1. The standard InChI is InChI=1S/C20H25FN6O2S/c1-3-26(4-2)20-23-9-11-5-6-13-18(17(11)25-20)30-15(24-13)8-16(28)27-10-12(21)7-14(27)19(22)29/h9,12,14H,3-8,10H2,1-2H3,(H2,22,29)/t12-,14-/m0/s1. The Morgan fingerprint density at radius 2 is 2.07 bits per heavy atom. The maximum Gasteiger partial charge on any atom is 0.240 e. The van der Waals surface area contributed by atoms with Crippen LogP contribution in [0.1, 0.15) is 36.5 Å². The Hall–Kier alpha value is -2.62. The molecule has 2 aromatic rings. The predicted molar refractivity (Wildman–Crippen MR) is 112 cm³/mol. The number of aromatic nitrogens is 3. The second-order valence-electron chi connectivity index (χ2n) is 7.57. The van der Waals surface area contributed by atoms with Gasteiger partial charge in [-0.2, -0.15) is 0 Å². The summed E-state index contributed by atoms with van der Waals surface area (Å²) in [6.07, 6.45) is 2.22. The van der Waals surface area contributed by atoms with Crippen molar-refractivity contribution in [3.63, 3.8) is 0 Å². The van der Waals surface area contributed by atoms with Crippen molar-refractivity contribution in [1.82, 2.24) is 19.9 Å². The number of thiazole rings is 1. The van der Waals surface area contributed by atoms with Gasteiger partial charge in [0.15, 0.2) is 0 Å². The smallest absolute Gasteiger partial charge is 0.240 e. The van der Waals surface area contributed by atoms with E-state index in [1.54, 1.807) is 0 Å². The lowest BCUT2D eigenvalue weighted by atomic mass is 10.00. The van der Waals surface area contributed by atoms with Gasteiger partial charge in [0, 0.05) is 25.7 Å². The van der Waals surface area contributed by atoms with Crippen LogP contribution in [0.15, 0.2) is 6.20 Å². The molecule has 0 spiro atoms. The minimum absolute atomic E-state index is 0.0253. The number of aryl methyl sites for hydroxylation is 2. The van der Waals surface area contributed by atoms with E-state index >= 15 is 0 Å². The largest absolute Gasteiger partial charge is 0.368 e. The second-order valence-corrected chi connectivity index (χ2v) is 8.66. The van der Waals surface area contributed by atoms with E-state index in [1.807, 2.05) is 6.20 Å². The molecule has 1 aliphatic carbocycles. The van der Waals surface area contributed by atoms with E-state index in [-0.39, 0.29) is 25.3 Å². The van der Waals surface area contributed by atoms with Crippen LogP contribution in [0.25, 0.3) is 10.6 Å². The summed E-state index contributed by atoms with van der Waals surface area (Å²) in [5.41, 5.74) is 8.23. The number of halogens is 1. The van der Waals surface area contributed by atoms with Gasteiger partial charge in [-0.05, 0) is 32.3 Å². The van der Waals surface area contributed by atoms with Crippen molar-refractivity contribution in [2.75, 3.05) is 24.5 Å². The number of primary amides is 1. The minimum Gasteiger partial charge on any atom is -0.368 e. The van der Waals surface area contributed by atoms with Crippen molar-refractivity contribution >= 4 is 29.1 Å². The fraction of sp³-hybridized carbons (Fsp3) is 0.550. The number of carbonyl (C=O) groups excluding carboxylic acids is 2. The Morgan fingerprint density at radius 3 is 2.77 bits per heavy atom. The number of nitrogens with two attached hydrogens (primary N) is 1. The maximum absolute atomic E-state index is 13.8. The lowest BCUT2D eigenvalue weighted by Gasteiger charge is -2.21. The molecule has 0 aromatic carbocycles. The molecule has 0 unspecified atom stereocenters. The zero-order valence-electron chi connectivity index (χ0n) is 17.1. The van der Waals surface area contributed by atoms with Crippen molar-refractivity contribution in [3.05, 3.63) is 22.5 Å². The van der Waals surface area contributed by atoms with Gasteiger partial charge in [-0.3, -0.25) is 9.59 Å². The summed E-state index contributed by atoms with van der Waals surface area (Å²) in [6, 6.07) is -0.882. The summed E-state index contributed by atoms with van der Waals surface area (Å²) in [6.45, 7) is 5.66. The summed E-state index contributed by atoms with van der Waals surface area (Å²) in [5, 5.41) is 0.645. The normalized spacial score (nSPS) is 20.0. The van der Waals surface area contributed by atoms with Crippen LogP contribution in [0.3, 0.4) is 0 Å². The van der Waals surface area contributed by atoms with Gasteiger partial charge in [0.25, 0.3) is 0 Å². The average molecular weight is 433 g/mol. The molecule has 4 rings (SSSR count). The number of alkyl halides is 1. The third-order valence-electron chi connectivity index (χ3n) is 5.69. The van der Waals surface area contributed by atoms with E-state index < -0.39 is 18.1 Å². The lowest BCUT2D eigenvalue weighted by molar-refractivity contribution is -0.136. The molecule has 0 radical (unpaired) electrons. The van der Waals surface area contributed by atoms with Gasteiger partial charge in [-0.1, -0.05) is 0 Å². The molecule has 30 heavy (non-hydrogen) atoms. The van der Waals surface area contributed by atoms with Crippen LogP contribution in [-0.4, -0.2) is 63.5 Å².